The molecule has 0 aromatic carbocycles. The summed E-state index contributed by atoms with van der Waals surface area (Å²) >= 11 is 0. The van der Waals surface area contributed by atoms with Crippen LogP contribution in [-0.4, -0.2) is 54.5 Å². The summed E-state index contributed by atoms with van der Waals surface area (Å²) in [6.45, 7) is -0.683. The topological polar surface area (TPSA) is 171 Å². The Bertz CT molecular complexity index is 665. The van der Waals surface area contributed by atoms with Gasteiger partial charge >= 0.3 is 13.5 Å². The molecule has 0 aliphatic carbocycles. The van der Waals surface area contributed by atoms with Crippen molar-refractivity contribution in [1.29, 1.82) is 0 Å². The number of hydrogen-bond acceptors (Lipinski definition) is 7. The smallest absolute Gasteiger partial charge is 0.387 e. The van der Waals surface area contributed by atoms with E-state index < -0.39 is 50.2 Å². The van der Waals surface area contributed by atoms with Crippen LogP contribution in [0.3, 0.4) is 0 Å². The molecule has 1 saturated heterocycles. The fraction of sp³-hybridized carbons (Fsp3) is 0.600. The molecule has 22 heavy (non-hydrogen) atoms. The van der Waals surface area contributed by atoms with Crippen molar-refractivity contribution in [3.8, 4) is 0 Å². The van der Waals surface area contributed by atoms with Crippen LogP contribution in [0.2, 0.25) is 0 Å². The summed E-state index contributed by atoms with van der Waals surface area (Å²) < 4.78 is 20.8. The van der Waals surface area contributed by atoms with Crippen molar-refractivity contribution in [2.45, 2.75) is 32.0 Å². The number of aliphatic hydroxyl groups is 2. The van der Waals surface area contributed by atoms with Crippen molar-refractivity contribution < 1.29 is 33.8 Å². The SMILES string of the molecule is C.O=c1ccn([C@@H]2O[C@H](COP(=O)(O)O)C(O)C2O)c(=O)[nH]1. The van der Waals surface area contributed by atoms with Crippen LogP contribution in [0.1, 0.15) is 13.7 Å². The summed E-state index contributed by atoms with van der Waals surface area (Å²) in [5.41, 5.74) is -1.51. The van der Waals surface area contributed by atoms with E-state index >= 15 is 0 Å². The number of rotatable bonds is 4. The fourth-order valence-electron chi connectivity index (χ4n) is 1.89. The molecule has 0 amide bonds. The number of aliphatic hydroxyl groups excluding tert-OH is 2. The maximum atomic E-state index is 11.6. The monoisotopic (exact) mass is 340 g/mol. The fourth-order valence-corrected chi connectivity index (χ4v) is 2.24. The number of H-pyrrole nitrogens is 1. The first-order valence-corrected chi connectivity index (χ1v) is 7.25. The third kappa shape index (κ3) is 4.11. The van der Waals surface area contributed by atoms with Crippen molar-refractivity contribution >= 4 is 7.82 Å². The van der Waals surface area contributed by atoms with Crippen molar-refractivity contribution in [3.63, 3.8) is 0 Å². The molecule has 0 saturated carbocycles. The highest BCUT2D eigenvalue weighted by molar-refractivity contribution is 7.46. The van der Waals surface area contributed by atoms with E-state index in [-0.39, 0.29) is 7.43 Å². The molecule has 12 heteroatoms. The number of phosphoric ester groups is 1. The van der Waals surface area contributed by atoms with Gasteiger partial charge in [0.05, 0.1) is 6.61 Å². The molecule has 5 N–H and O–H groups in total. The van der Waals surface area contributed by atoms with Crippen LogP contribution in [0.5, 0.6) is 0 Å². The van der Waals surface area contributed by atoms with Crippen molar-refractivity contribution in [2.75, 3.05) is 6.61 Å². The number of hydrogen-bond donors (Lipinski definition) is 5. The Labute approximate surface area is 124 Å². The van der Waals surface area contributed by atoms with Crippen molar-refractivity contribution in [2.24, 2.45) is 0 Å². The normalized spacial score (nSPS) is 28.4. The van der Waals surface area contributed by atoms with Gasteiger partial charge < -0.3 is 24.7 Å². The minimum absolute atomic E-state index is 0. The van der Waals surface area contributed by atoms with Crippen LogP contribution < -0.4 is 11.2 Å². The number of ether oxygens (including phenoxy) is 1. The van der Waals surface area contributed by atoms with E-state index in [0.29, 0.717) is 0 Å². The number of nitrogens with zero attached hydrogens (tertiary/aromatic N) is 1. The van der Waals surface area contributed by atoms with E-state index in [1.165, 1.54) is 0 Å². The molecule has 0 bridgehead atoms. The van der Waals surface area contributed by atoms with Crippen LogP contribution in [0.4, 0.5) is 0 Å². The van der Waals surface area contributed by atoms with Crippen LogP contribution in [-0.2, 0) is 13.8 Å². The van der Waals surface area contributed by atoms with E-state index in [0.717, 1.165) is 16.8 Å². The molecule has 1 aliphatic heterocycles. The maximum absolute atomic E-state index is 11.6. The highest BCUT2D eigenvalue weighted by Crippen LogP contribution is 2.38. The molecule has 1 fully saturated rings. The van der Waals surface area contributed by atoms with Crippen LogP contribution >= 0.6 is 7.82 Å². The summed E-state index contributed by atoms with van der Waals surface area (Å²) in [4.78, 5) is 41.6. The first-order chi connectivity index (χ1) is 9.69. The second-order valence-electron chi connectivity index (χ2n) is 4.35. The van der Waals surface area contributed by atoms with Gasteiger partial charge in [0.15, 0.2) is 6.23 Å². The average molecular weight is 340 g/mol. The molecule has 0 spiro atoms. The van der Waals surface area contributed by atoms with E-state index in [1.807, 2.05) is 4.98 Å². The molecule has 1 aromatic heterocycles. The Morgan fingerprint density at radius 2 is 1.95 bits per heavy atom. The largest absolute Gasteiger partial charge is 0.469 e. The predicted octanol–water partition coefficient (Wildman–Crippen LogP) is -2.10. The van der Waals surface area contributed by atoms with Gasteiger partial charge in [-0.1, -0.05) is 7.43 Å². The minimum atomic E-state index is -4.76. The molecular weight excluding hydrogens is 323 g/mol. The first-order valence-electron chi connectivity index (χ1n) is 5.72. The average Bonchev–Trinajstić information content (AvgIpc) is 2.64. The second kappa shape index (κ2) is 6.84. The lowest BCUT2D eigenvalue weighted by Crippen LogP contribution is -2.37. The zero-order valence-corrected chi connectivity index (χ0v) is 11.3. The molecule has 2 unspecified atom stereocenters. The van der Waals surface area contributed by atoms with Gasteiger partial charge in [0.2, 0.25) is 0 Å². The summed E-state index contributed by atoms with van der Waals surface area (Å²) in [5.74, 6) is 0. The third-order valence-corrected chi connectivity index (χ3v) is 3.35. The lowest BCUT2D eigenvalue weighted by atomic mass is 10.1. The summed E-state index contributed by atoms with van der Waals surface area (Å²) in [6, 6.07) is 1.02. The minimum Gasteiger partial charge on any atom is -0.387 e. The van der Waals surface area contributed by atoms with Gasteiger partial charge in [0.25, 0.3) is 5.56 Å². The predicted molar refractivity (Wildman–Crippen MR) is 72.0 cm³/mol. The maximum Gasteiger partial charge on any atom is 0.469 e. The molecular formula is C10H17N2O9P. The lowest BCUT2D eigenvalue weighted by Gasteiger charge is -2.16. The van der Waals surface area contributed by atoms with E-state index in [1.54, 1.807) is 0 Å². The molecule has 1 aromatic rings. The van der Waals surface area contributed by atoms with Gasteiger partial charge in [0.1, 0.15) is 18.3 Å². The number of phosphoric acid groups is 1. The molecule has 2 rings (SSSR count). The van der Waals surface area contributed by atoms with Crippen LogP contribution in [0.25, 0.3) is 0 Å². The van der Waals surface area contributed by atoms with E-state index in [4.69, 9.17) is 14.5 Å². The highest BCUT2D eigenvalue weighted by Gasteiger charge is 2.44. The van der Waals surface area contributed by atoms with Gasteiger partial charge in [-0.05, 0) is 0 Å². The first kappa shape index (κ1) is 18.7. The molecule has 4 atom stereocenters. The van der Waals surface area contributed by atoms with Gasteiger partial charge in [-0.25, -0.2) is 9.36 Å². The second-order valence-corrected chi connectivity index (χ2v) is 5.59. The van der Waals surface area contributed by atoms with Gasteiger partial charge in [-0.2, -0.15) is 0 Å². The van der Waals surface area contributed by atoms with Gasteiger partial charge in [0, 0.05) is 12.3 Å². The molecule has 0 radical (unpaired) electrons. The van der Waals surface area contributed by atoms with Crippen molar-refractivity contribution in [1.82, 2.24) is 9.55 Å². The van der Waals surface area contributed by atoms with E-state index in [9.17, 15) is 24.4 Å². The van der Waals surface area contributed by atoms with Crippen molar-refractivity contribution in [3.05, 3.63) is 33.1 Å². The Morgan fingerprint density at radius 3 is 2.50 bits per heavy atom. The van der Waals surface area contributed by atoms with E-state index in [2.05, 4.69) is 4.52 Å². The molecule has 126 valence electrons. The van der Waals surface area contributed by atoms with Crippen LogP contribution in [0.15, 0.2) is 21.9 Å². The Morgan fingerprint density at radius 1 is 1.32 bits per heavy atom. The Hall–Kier alpha value is -1.33. The number of aromatic nitrogens is 2. The summed E-state index contributed by atoms with van der Waals surface area (Å²) in [6.07, 6.45) is -4.58. The van der Waals surface area contributed by atoms with Crippen LogP contribution in [0, 0.1) is 0 Å². The third-order valence-electron chi connectivity index (χ3n) is 2.87. The van der Waals surface area contributed by atoms with Gasteiger partial charge in [-0.15, -0.1) is 0 Å². The zero-order valence-electron chi connectivity index (χ0n) is 10.4. The van der Waals surface area contributed by atoms with Gasteiger partial charge in [-0.3, -0.25) is 18.9 Å². The zero-order chi connectivity index (χ0) is 15.8. The Balaban J connectivity index is 0.00000242. The summed E-state index contributed by atoms with van der Waals surface area (Å²) in [7, 11) is -4.76. The number of nitrogens with one attached hydrogen (secondary N) is 1. The molecule has 1 aliphatic rings. The quantitative estimate of drug-likeness (QED) is 0.385. The Kier molecular flexibility index (Phi) is 5.82. The number of aromatic amines is 1. The highest BCUT2D eigenvalue weighted by atomic mass is 31.2. The standard InChI is InChI=1S/C9H13N2O9P.CH4/c12-5-1-2-11(9(15)10-5)8-7(14)6(13)4(20-8)3-19-21(16,17)18;/h1-2,4,6-8,13-14H,3H2,(H,10,12,15)(H2,16,17,18);1H4/t4-,6?,7?,8-;/m1./s1. The molecule has 11 nitrogen and oxygen atoms in total. The molecule has 2 heterocycles. The summed E-state index contributed by atoms with van der Waals surface area (Å²) in [5, 5.41) is 19.6. The lowest BCUT2D eigenvalue weighted by molar-refractivity contribution is -0.0543.